The second kappa shape index (κ2) is 12.5. The van der Waals surface area contributed by atoms with Crippen LogP contribution >= 0.6 is 11.3 Å². The molecule has 0 fully saturated rings. The summed E-state index contributed by atoms with van der Waals surface area (Å²) in [6, 6.07) is 68.8. The fraction of sp³-hybridized carbons (Fsp3) is 0.0588. The third-order valence-corrected chi connectivity index (χ3v) is 12.3. The Kier molecular flexibility index (Phi) is 7.42. The number of nitrogens with zero attached hydrogens (tertiary/aromatic N) is 1. The Morgan fingerprint density at radius 1 is 0.415 bits per heavy atom. The Morgan fingerprint density at radius 2 is 0.906 bits per heavy atom. The van der Waals surface area contributed by atoms with Crippen molar-refractivity contribution in [3.8, 4) is 43.8 Å². The van der Waals surface area contributed by atoms with E-state index in [2.05, 4.69) is 207 Å². The first-order valence-electron chi connectivity index (χ1n) is 18.3. The minimum Gasteiger partial charge on any atom is -0.311 e. The molecular formula is C51H37NS. The Morgan fingerprint density at radius 3 is 1.57 bits per heavy atom. The molecule has 2 heteroatoms. The van der Waals surface area contributed by atoms with Crippen molar-refractivity contribution in [2.45, 2.75) is 19.3 Å². The molecule has 0 atom stereocenters. The topological polar surface area (TPSA) is 3.24 Å². The monoisotopic (exact) mass is 695 g/mol. The van der Waals surface area contributed by atoms with Gasteiger partial charge in [-0.3, -0.25) is 0 Å². The van der Waals surface area contributed by atoms with Crippen LogP contribution in [-0.2, 0) is 5.41 Å². The lowest BCUT2D eigenvalue weighted by Crippen LogP contribution is -2.14. The van der Waals surface area contributed by atoms with Crippen LogP contribution in [0.3, 0.4) is 0 Å². The van der Waals surface area contributed by atoms with Gasteiger partial charge >= 0.3 is 0 Å². The maximum absolute atomic E-state index is 2.42. The summed E-state index contributed by atoms with van der Waals surface area (Å²) in [6.07, 6.45) is 0. The molecule has 252 valence electrons. The van der Waals surface area contributed by atoms with Crippen molar-refractivity contribution in [3.05, 3.63) is 199 Å². The van der Waals surface area contributed by atoms with Crippen LogP contribution in [-0.4, -0.2) is 0 Å². The fourth-order valence-electron chi connectivity index (χ4n) is 8.30. The van der Waals surface area contributed by atoms with E-state index in [0.29, 0.717) is 0 Å². The Hall–Kier alpha value is -6.22. The molecule has 0 radical (unpaired) electrons. The molecule has 0 aliphatic heterocycles. The molecule has 0 unspecified atom stereocenters. The number of hydrogen-bond donors (Lipinski definition) is 0. The lowest BCUT2D eigenvalue weighted by molar-refractivity contribution is 0.667. The zero-order valence-corrected chi connectivity index (χ0v) is 30.6. The predicted octanol–water partition coefficient (Wildman–Crippen LogP) is 14.8. The van der Waals surface area contributed by atoms with Crippen molar-refractivity contribution in [2.75, 3.05) is 4.90 Å². The van der Waals surface area contributed by atoms with Gasteiger partial charge in [-0.2, -0.15) is 0 Å². The lowest BCUT2D eigenvalue weighted by atomic mass is 9.81. The Balaban J connectivity index is 1.02. The van der Waals surface area contributed by atoms with Crippen LogP contribution in [0.5, 0.6) is 0 Å². The van der Waals surface area contributed by atoms with E-state index in [-0.39, 0.29) is 5.41 Å². The molecule has 1 heterocycles. The molecular weight excluding hydrogens is 659 g/mol. The first-order chi connectivity index (χ1) is 26.0. The van der Waals surface area contributed by atoms with Crippen LogP contribution in [0.4, 0.5) is 17.1 Å². The zero-order valence-electron chi connectivity index (χ0n) is 29.8. The van der Waals surface area contributed by atoms with Gasteiger partial charge in [0.05, 0.1) is 0 Å². The van der Waals surface area contributed by atoms with E-state index in [1.54, 1.807) is 0 Å². The maximum Gasteiger partial charge on any atom is 0.0462 e. The van der Waals surface area contributed by atoms with Crippen LogP contribution < -0.4 is 4.90 Å². The molecule has 1 aliphatic rings. The summed E-state index contributed by atoms with van der Waals surface area (Å²) in [7, 11) is 0. The molecule has 1 aliphatic carbocycles. The summed E-state index contributed by atoms with van der Waals surface area (Å²) in [4.78, 5) is 3.78. The van der Waals surface area contributed by atoms with E-state index in [0.717, 1.165) is 17.1 Å². The molecule has 53 heavy (non-hydrogen) atoms. The highest BCUT2D eigenvalue weighted by atomic mass is 32.1. The van der Waals surface area contributed by atoms with Gasteiger partial charge in [0.15, 0.2) is 0 Å². The highest BCUT2D eigenvalue weighted by molar-refractivity contribution is 7.22. The summed E-state index contributed by atoms with van der Waals surface area (Å²) in [5.74, 6) is 0. The second-order valence-corrected chi connectivity index (χ2v) is 15.6. The van der Waals surface area contributed by atoms with Crippen molar-refractivity contribution < 1.29 is 0 Å². The molecule has 10 rings (SSSR count). The first kappa shape index (κ1) is 31.5. The van der Waals surface area contributed by atoms with Gasteiger partial charge in [-0.15, -0.1) is 11.3 Å². The van der Waals surface area contributed by atoms with Gasteiger partial charge in [0.1, 0.15) is 0 Å². The molecule has 0 saturated carbocycles. The smallest absolute Gasteiger partial charge is 0.0462 e. The van der Waals surface area contributed by atoms with Crippen LogP contribution in [0.2, 0.25) is 0 Å². The third kappa shape index (κ3) is 5.37. The molecule has 0 saturated heterocycles. The van der Waals surface area contributed by atoms with Crippen LogP contribution in [0.15, 0.2) is 188 Å². The zero-order chi connectivity index (χ0) is 35.5. The second-order valence-electron chi connectivity index (χ2n) is 14.6. The maximum atomic E-state index is 2.42. The van der Waals surface area contributed by atoms with Crippen molar-refractivity contribution in [1.29, 1.82) is 0 Å². The third-order valence-electron chi connectivity index (χ3n) is 11.1. The standard InChI is InChI=1S/C51H37NS/c1-51(2)47-31-24-41(33-46(47)50-49(51)45-14-8-9-15-48(45)53-50)38-22-29-44(30-23-38)52(42-25-18-36(19-26-42)34-10-4-3-5-11-34)43-27-20-37(21-28-43)40-17-16-35-12-6-7-13-39(35)32-40/h3-33H,1-2H3. The van der Waals surface area contributed by atoms with Crippen molar-refractivity contribution in [2.24, 2.45) is 0 Å². The van der Waals surface area contributed by atoms with Crippen molar-refractivity contribution >= 4 is 49.3 Å². The van der Waals surface area contributed by atoms with E-state index < -0.39 is 0 Å². The van der Waals surface area contributed by atoms with E-state index >= 15 is 0 Å². The molecule has 0 bridgehead atoms. The molecule has 0 amide bonds. The number of thiophene rings is 1. The molecule has 1 aromatic heterocycles. The normalized spacial score (nSPS) is 12.9. The minimum atomic E-state index is -0.0208. The average molecular weight is 696 g/mol. The number of fused-ring (bicyclic) bond motifs is 6. The van der Waals surface area contributed by atoms with E-state index in [1.807, 2.05) is 11.3 Å². The number of benzene rings is 8. The highest BCUT2D eigenvalue weighted by Crippen LogP contribution is 2.56. The summed E-state index contributed by atoms with van der Waals surface area (Å²) >= 11 is 1.93. The van der Waals surface area contributed by atoms with Gasteiger partial charge in [0.2, 0.25) is 0 Å². The van der Waals surface area contributed by atoms with Crippen molar-refractivity contribution in [3.63, 3.8) is 0 Å². The summed E-state index contributed by atoms with van der Waals surface area (Å²) in [5.41, 5.74) is 14.9. The van der Waals surface area contributed by atoms with Gasteiger partial charge in [-0.1, -0.05) is 147 Å². The highest BCUT2D eigenvalue weighted by Gasteiger charge is 2.38. The van der Waals surface area contributed by atoms with E-state index in [4.69, 9.17) is 0 Å². The predicted molar refractivity (Wildman–Crippen MR) is 228 cm³/mol. The number of anilines is 3. The number of rotatable bonds is 6. The van der Waals surface area contributed by atoms with Gasteiger partial charge < -0.3 is 4.90 Å². The lowest BCUT2D eigenvalue weighted by Gasteiger charge is -2.26. The first-order valence-corrected chi connectivity index (χ1v) is 19.2. The summed E-state index contributed by atoms with van der Waals surface area (Å²) in [5, 5.41) is 3.91. The molecule has 0 spiro atoms. The Labute approximate surface area is 315 Å². The van der Waals surface area contributed by atoms with Gasteiger partial charge in [0.25, 0.3) is 0 Å². The SMILES string of the molecule is CC1(C)c2ccc(-c3ccc(N(c4ccc(-c5ccccc5)cc4)c4ccc(-c5ccc6ccccc6c5)cc4)cc3)cc2-c2sc3ccccc3c21. The molecule has 9 aromatic rings. The van der Waals surface area contributed by atoms with Crippen LogP contribution in [0.1, 0.15) is 25.0 Å². The molecule has 8 aromatic carbocycles. The van der Waals surface area contributed by atoms with E-state index in [9.17, 15) is 0 Å². The van der Waals surface area contributed by atoms with Gasteiger partial charge in [0, 0.05) is 32.1 Å². The summed E-state index contributed by atoms with van der Waals surface area (Å²) < 4.78 is 1.37. The minimum absolute atomic E-state index is 0.0208. The van der Waals surface area contributed by atoms with Gasteiger partial charge in [-0.25, -0.2) is 0 Å². The van der Waals surface area contributed by atoms with E-state index in [1.165, 1.54) is 75.8 Å². The van der Waals surface area contributed by atoms with Gasteiger partial charge in [-0.05, 0) is 121 Å². The summed E-state index contributed by atoms with van der Waals surface area (Å²) in [6.45, 7) is 4.75. The number of hydrogen-bond acceptors (Lipinski definition) is 2. The van der Waals surface area contributed by atoms with Crippen LogP contribution in [0.25, 0.3) is 64.7 Å². The van der Waals surface area contributed by atoms with Crippen molar-refractivity contribution in [1.82, 2.24) is 0 Å². The molecule has 1 nitrogen and oxygen atoms in total. The fourth-order valence-corrected chi connectivity index (χ4v) is 9.70. The average Bonchev–Trinajstić information content (AvgIpc) is 3.72. The molecule has 0 N–H and O–H groups in total. The quantitative estimate of drug-likeness (QED) is 0.167. The van der Waals surface area contributed by atoms with Crippen LogP contribution in [0, 0.1) is 0 Å². The Bertz CT molecular complexity index is 2770. The largest absolute Gasteiger partial charge is 0.311 e.